The molecular formula is C24H27N3O3. The molecule has 2 unspecified atom stereocenters. The fourth-order valence-electron chi connectivity index (χ4n) is 3.30. The van der Waals surface area contributed by atoms with E-state index in [1.54, 1.807) is 0 Å². The van der Waals surface area contributed by atoms with E-state index in [4.69, 9.17) is 15.3 Å². The number of hydrogen-bond donors (Lipinski definition) is 4. The molecule has 0 amide bonds. The minimum absolute atomic E-state index is 0.00871. The number of ether oxygens (including phenoxy) is 1. The topological polar surface area (TPSA) is 94.4 Å². The second-order valence-corrected chi connectivity index (χ2v) is 7.27. The average molecular weight is 405 g/mol. The molecule has 1 heterocycles. The minimum atomic E-state index is -0.894. The Morgan fingerprint density at radius 1 is 1.30 bits per heavy atom. The Balaban J connectivity index is 1.56. The molecule has 0 saturated carbocycles. The summed E-state index contributed by atoms with van der Waals surface area (Å²) < 4.78 is 5.89. The molecule has 1 aliphatic heterocycles. The standard InChI is InChI=1S/C24H27N3O3/c1-17(11-24(28)29)20-6-8-22(9-7-20)30-16-18-4-5-21(13-25)23(12-18)27-15-19-3-2-10-26-14-19/h2-9,12-14,21,23,25-27H,1,10-11,15-16H2,(H,28,29). The van der Waals surface area contributed by atoms with E-state index in [1.807, 2.05) is 42.6 Å². The molecule has 1 aromatic rings. The van der Waals surface area contributed by atoms with Crippen molar-refractivity contribution in [2.75, 3.05) is 19.7 Å². The highest BCUT2D eigenvalue weighted by atomic mass is 16.5. The lowest BCUT2D eigenvalue weighted by Crippen LogP contribution is -2.37. The first kappa shape index (κ1) is 21.3. The molecule has 4 N–H and O–H groups in total. The number of carboxylic acid groups (broad SMARTS) is 1. The van der Waals surface area contributed by atoms with Gasteiger partial charge in [0.25, 0.3) is 0 Å². The molecule has 30 heavy (non-hydrogen) atoms. The molecule has 6 nitrogen and oxygen atoms in total. The van der Waals surface area contributed by atoms with E-state index >= 15 is 0 Å². The number of benzene rings is 1. The molecule has 1 aromatic carbocycles. The van der Waals surface area contributed by atoms with Crippen LogP contribution in [-0.2, 0) is 4.79 Å². The van der Waals surface area contributed by atoms with E-state index in [2.05, 4.69) is 35.4 Å². The number of carbonyl (C=O) groups is 1. The molecule has 1 aliphatic carbocycles. The van der Waals surface area contributed by atoms with Crippen LogP contribution in [0.2, 0.25) is 0 Å². The predicted molar refractivity (Wildman–Crippen MR) is 120 cm³/mol. The molecule has 2 atom stereocenters. The smallest absolute Gasteiger partial charge is 0.307 e. The van der Waals surface area contributed by atoms with Gasteiger partial charge < -0.3 is 25.9 Å². The summed E-state index contributed by atoms with van der Waals surface area (Å²) >= 11 is 0. The van der Waals surface area contributed by atoms with Crippen LogP contribution in [0.5, 0.6) is 5.75 Å². The Hall–Kier alpha value is -3.38. The summed E-state index contributed by atoms with van der Waals surface area (Å²) in [6, 6.07) is 7.31. The number of dihydropyridines is 1. The van der Waals surface area contributed by atoms with Gasteiger partial charge in [-0.25, -0.2) is 0 Å². The van der Waals surface area contributed by atoms with Crippen molar-refractivity contribution in [3.05, 3.63) is 84.1 Å². The molecule has 0 saturated heterocycles. The van der Waals surface area contributed by atoms with Gasteiger partial charge >= 0.3 is 5.97 Å². The first-order chi connectivity index (χ1) is 14.5. The largest absolute Gasteiger partial charge is 0.489 e. The van der Waals surface area contributed by atoms with Gasteiger partial charge in [0, 0.05) is 37.5 Å². The van der Waals surface area contributed by atoms with Crippen LogP contribution < -0.4 is 15.4 Å². The summed E-state index contributed by atoms with van der Waals surface area (Å²) in [4.78, 5) is 10.8. The van der Waals surface area contributed by atoms with E-state index < -0.39 is 5.97 Å². The molecule has 6 heteroatoms. The van der Waals surface area contributed by atoms with Crippen molar-refractivity contribution in [2.24, 2.45) is 5.92 Å². The van der Waals surface area contributed by atoms with Crippen molar-refractivity contribution in [1.29, 1.82) is 5.41 Å². The molecule has 3 rings (SSSR count). The van der Waals surface area contributed by atoms with Gasteiger partial charge in [0.1, 0.15) is 12.4 Å². The Morgan fingerprint density at radius 3 is 2.77 bits per heavy atom. The second-order valence-electron chi connectivity index (χ2n) is 7.27. The van der Waals surface area contributed by atoms with Crippen molar-refractivity contribution in [1.82, 2.24) is 10.6 Å². The maximum Gasteiger partial charge on any atom is 0.307 e. The zero-order chi connectivity index (χ0) is 21.3. The molecule has 156 valence electrons. The SMILES string of the molecule is C=C(CC(=O)O)c1ccc(OCC2=CC(NCC3=CNCC=C3)C(C=N)C=C2)cc1. The van der Waals surface area contributed by atoms with Crippen molar-refractivity contribution < 1.29 is 14.6 Å². The van der Waals surface area contributed by atoms with Crippen molar-refractivity contribution in [3.63, 3.8) is 0 Å². The van der Waals surface area contributed by atoms with E-state index in [0.29, 0.717) is 17.9 Å². The van der Waals surface area contributed by atoms with Gasteiger partial charge in [0.05, 0.1) is 6.42 Å². The van der Waals surface area contributed by atoms with Crippen LogP contribution in [0.15, 0.2) is 78.6 Å². The Labute approximate surface area is 176 Å². The lowest BCUT2D eigenvalue weighted by Gasteiger charge is -2.25. The van der Waals surface area contributed by atoms with Crippen LogP contribution in [0.1, 0.15) is 12.0 Å². The van der Waals surface area contributed by atoms with Gasteiger partial charge in [0.2, 0.25) is 0 Å². The first-order valence-corrected chi connectivity index (χ1v) is 9.90. The van der Waals surface area contributed by atoms with Gasteiger partial charge in [-0.05, 0) is 34.4 Å². The lowest BCUT2D eigenvalue weighted by molar-refractivity contribution is -0.135. The van der Waals surface area contributed by atoms with Crippen LogP contribution in [-0.4, -0.2) is 43.0 Å². The maximum atomic E-state index is 10.8. The monoisotopic (exact) mass is 405 g/mol. The minimum Gasteiger partial charge on any atom is -0.489 e. The third-order valence-electron chi connectivity index (χ3n) is 4.96. The van der Waals surface area contributed by atoms with E-state index in [0.717, 1.165) is 24.2 Å². The molecule has 0 aromatic heterocycles. The van der Waals surface area contributed by atoms with Gasteiger partial charge in [-0.15, -0.1) is 0 Å². The molecule has 0 bridgehead atoms. The highest BCUT2D eigenvalue weighted by molar-refractivity contribution is 5.83. The van der Waals surface area contributed by atoms with Crippen molar-refractivity contribution in [2.45, 2.75) is 12.5 Å². The third kappa shape index (κ3) is 6.06. The predicted octanol–water partition coefficient (Wildman–Crippen LogP) is 3.32. The number of aliphatic carboxylic acids is 1. The van der Waals surface area contributed by atoms with E-state index in [-0.39, 0.29) is 18.4 Å². The lowest BCUT2D eigenvalue weighted by atomic mass is 9.92. The van der Waals surface area contributed by atoms with E-state index in [1.165, 1.54) is 11.8 Å². The highest BCUT2D eigenvalue weighted by Crippen LogP contribution is 2.22. The summed E-state index contributed by atoms with van der Waals surface area (Å²) in [6.07, 6.45) is 13.7. The zero-order valence-electron chi connectivity index (χ0n) is 16.8. The fraction of sp³-hybridized carbons (Fsp3) is 0.250. The van der Waals surface area contributed by atoms with Crippen LogP contribution in [0, 0.1) is 11.3 Å². The first-order valence-electron chi connectivity index (χ1n) is 9.90. The molecule has 0 spiro atoms. The maximum absolute atomic E-state index is 10.8. The third-order valence-corrected chi connectivity index (χ3v) is 4.96. The fourth-order valence-corrected chi connectivity index (χ4v) is 3.30. The van der Waals surface area contributed by atoms with Gasteiger partial charge in [-0.2, -0.15) is 0 Å². The summed E-state index contributed by atoms with van der Waals surface area (Å²) in [5.74, 6) is -0.178. The summed E-state index contributed by atoms with van der Waals surface area (Å²) in [6.45, 7) is 5.80. The number of carboxylic acids is 1. The molecular weight excluding hydrogens is 378 g/mol. The Morgan fingerprint density at radius 2 is 2.10 bits per heavy atom. The quantitative estimate of drug-likeness (QED) is 0.448. The highest BCUT2D eigenvalue weighted by Gasteiger charge is 2.19. The normalized spacial score (nSPS) is 20.0. The van der Waals surface area contributed by atoms with Gasteiger partial charge in [-0.3, -0.25) is 4.79 Å². The average Bonchev–Trinajstić information content (AvgIpc) is 2.77. The van der Waals surface area contributed by atoms with Crippen LogP contribution in [0.3, 0.4) is 0 Å². The summed E-state index contributed by atoms with van der Waals surface area (Å²) in [7, 11) is 0. The Kier molecular flexibility index (Phi) is 7.40. The summed E-state index contributed by atoms with van der Waals surface area (Å²) in [5, 5.41) is 23.3. The molecule has 0 radical (unpaired) electrons. The van der Waals surface area contributed by atoms with Crippen LogP contribution in [0.25, 0.3) is 5.57 Å². The number of nitrogens with one attached hydrogen (secondary N) is 3. The number of hydrogen-bond acceptors (Lipinski definition) is 5. The van der Waals surface area contributed by atoms with Crippen molar-refractivity contribution >= 4 is 17.8 Å². The van der Waals surface area contributed by atoms with Crippen LogP contribution >= 0.6 is 0 Å². The van der Waals surface area contributed by atoms with Gasteiger partial charge in [0.15, 0.2) is 0 Å². The van der Waals surface area contributed by atoms with Gasteiger partial charge in [-0.1, -0.05) is 49.1 Å². The van der Waals surface area contributed by atoms with E-state index in [9.17, 15) is 4.79 Å². The van der Waals surface area contributed by atoms with Crippen molar-refractivity contribution in [3.8, 4) is 5.75 Å². The second kappa shape index (κ2) is 10.4. The molecule has 0 fully saturated rings. The Bertz CT molecular complexity index is 910. The number of rotatable bonds is 10. The summed E-state index contributed by atoms with van der Waals surface area (Å²) in [5.41, 5.74) is 3.57. The zero-order valence-corrected chi connectivity index (χ0v) is 16.8. The van der Waals surface area contributed by atoms with Crippen LogP contribution in [0.4, 0.5) is 0 Å². The molecule has 2 aliphatic rings.